The summed E-state index contributed by atoms with van der Waals surface area (Å²) in [5.74, 6) is 1.40. The van der Waals surface area contributed by atoms with Crippen LogP contribution in [0.3, 0.4) is 0 Å². The Labute approximate surface area is 174 Å². The molecule has 0 atom stereocenters. The molecule has 1 aromatic heterocycles. The molecule has 1 aliphatic heterocycles. The molecule has 0 bridgehead atoms. The number of benzene rings is 1. The topological polar surface area (TPSA) is 51.7 Å². The normalized spacial score (nSPS) is 14.6. The second-order valence-electron chi connectivity index (χ2n) is 6.59. The molecule has 2 aromatic rings. The minimum Gasteiger partial charge on any atom is -0.501 e. The molecule has 0 saturated carbocycles. The predicted octanol–water partition coefficient (Wildman–Crippen LogP) is 4.98. The third-order valence-electron chi connectivity index (χ3n) is 4.81. The van der Waals surface area contributed by atoms with Crippen LogP contribution in [-0.2, 0) is 11.3 Å². The van der Waals surface area contributed by atoms with E-state index in [1.54, 1.807) is 43.5 Å². The number of allylic oxidation sites excluding steroid dienone is 1. The van der Waals surface area contributed by atoms with Gasteiger partial charge >= 0.3 is 0 Å². The Morgan fingerprint density at radius 1 is 1.18 bits per heavy atom. The number of nitrogens with zero attached hydrogens (tertiary/aromatic N) is 2. The van der Waals surface area contributed by atoms with Crippen LogP contribution in [0, 0.1) is 5.92 Å². The number of carbonyl (C=O) groups excluding carboxylic acids is 1. The van der Waals surface area contributed by atoms with E-state index in [-0.39, 0.29) is 12.5 Å². The summed E-state index contributed by atoms with van der Waals surface area (Å²) >= 11 is 12.2. The van der Waals surface area contributed by atoms with Crippen LogP contribution in [0.15, 0.2) is 48.7 Å². The summed E-state index contributed by atoms with van der Waals surface area (Å²) < 4.78 is 10.9. The smallest absolute Gasteiger partial charge is 0.272 e. The lowest BCUT2D eigenvalue weighted by Crippen LogP contribution is -2.39. The van der Waals surface area contributed by atoms with Gasteiger partial charge in [0.05, 0.1) is 28.6 Å². The minimum absolute atomic E-state index is 0.0842. The first-order valence-corrected chi connectivity index (χ1v) is 9.80. The summed E-state index contributed by atoms with van der Waals surface area (Å²) in [4.78, 5) is 19.1. The molecular formula is C21H22Cl2N2O3. The minimum atomic E-state index is -0.0842. The van der Waals surface area contributed by atoms with Crippen molar-refractivity contribution in [2.24, 2.45) is 5.92 Å². The summed E-state index contributed by atoms with van der Waals surface area (Å²) in [5, 5.41) is 0.862. The predicted molar refractivity (Wildman–Crippen MR) is 110 cm³/mol. The summed E-state index contributed by atoms with van der Waals surface area (Å²) in [7, 11) is 1.63. The lowest BCUT2D eigenvalue weighted by atomic mass is 9.95. The van der Waals surface area contributed by atoms with Gasteiger partial charge in [0, 0.05) is 19.0 Å². The average molecular weight is 421 g/mol. The second kappa shape index (κ2) is 9.30. The van der Waals surface area contributed by atoms with Crippen molar-refractivity contribution >= 4 is 29.1 Å². The number of pyridine rings is 1. The molecule has 0 N–H and O–H groups in total. The van der Waals surface area contributed by atoms with Gasteiger partial charge in [-0.2, -0.15) is 0 Å². The lowest BCUT2D eigenvalue weighted by molar-refractivity contribution is 0.0672. The zero-order valence-electron chi connectivity index (χ0n) is 15.7. The highest BCUT2D eigenvalue weighted by Gasteiger charge is 2.26. The van der Waals surface area contributed by atoms with Gasteiger partial charge in [-0.25, -0.2) is 4.98 Å². The Morgan fingerprint density at radius 3 is 2.46 bits per heavy atom. The highest BCUT2D eigenvalue weighted by atomic mass is 35.5. The van der Waals surface area contributed by atoms with Gasteiger partial charge in [0.1, 0.15) is 12.3 Å². The number of para-hydroxylation sites is 1. The third kappa shape index (κ3) is 4.78. The lowest BCUT2D eigenvalue weighted by Gasteiger charge is -2.32. The van der Waals surface area contributed by atoms with Crippen LogP contribution in [0.4, 0.5) is 0 Å². The molecule has 0 aliphatic carbocycles. The molecule has 0 spiro atoms. The molecular weight excluding hydrogens is 399 g/mol. The van der Waals surface area contributed by atoms with Crippen molar-refractivity contribution in [3.8, 4) is 5.75 Å². The van der Waals surface area contributed by atoms with Crippen LogP contribution in [0.1, 0.15) is 29.0 Å². The number of amides is 1. The Morgan fingerprint density at radius 2 is 1.82 bits per heavy atom. The van der Waals surface area contributed by atoms with E-state index in [4.69, 9.17) is 32.7 Å². The average Bonchev–Trinajstić information content (AvgIpc) is 2.72. The molecule has 5 nitrogen and oxygen atoms in total. The molecule has 28 heavy (non-hydrogen) atoms. The molecule has 0 unspecified atom stereocenters. The first-order valence-electron chi connectivity index (χ1n) is 9.04. The van der Waals surface area contributed by atoms with E-state index in [0.29, 0.717) is 46.2 Å². The third-order valence-corrected chi connectivity index (χ3v) is 5.40. The first-order chi connectivity index (χ1) is 13.5. The van der Waals surface area contributed by atoms with E-state index in [1.807, 2.05) is 4.90 Å². The molecule has 1 aromatic carbocycles. The van der Waals surface area contributed by atoms with E-state index in [2.05, 4.69) is 11.6 Å². The number of rotatable bonds is 6. The standard InChI is InChI=1S/C21H22Cl2N2O3/c1-14(27-2)15-9-11-25(12-10-15)21(26)19-8-3-5-16(24-19)13-28-20-17(22)6-4-7-18(20)23/h3-8,15H,1,9-13H2,2H3. The van der Waals surface area contributed by atoms with E-state index in [1.165, 1.54) is 0 Å². The zero-order chi connectivity index (χ0) is 20.1. The number of hydrogen-bond donors (Lipinski definition) is 0. The van der Waals surface area contributed by atoms with Crippen molar-refractivity contribution in [1.82, 2.24) is 9.88 Å². The van der Waals surface area contributed by atoms with Crippen molar-refractivity contribution in [2.45, 2.75) is 19.4 Å². The van der Waals surface area contributed by atoms with Gasteiger partial charge in [0.2, 0.25) is 0 Å². The van der Waals surface area contributed by atoms with Gasteiger partial charge in [-0.1, -0.05) is 41.9 Å². The maximum Gasteiger partial charge on any atom is 0.272 e. The Bertz CT molecular complexity index is 844. The Kier molecular flexibility index (Phi) is 6.81. The molecule has 1 fully saturated rings. The van der Waals surface area contributed by atoms with Crippen LogP contribution in [0.25, 0.3) is 0 Å². The number of carbonyl (C=O) groups is 1. The molecule has 1 aliphatic rings. The van der Waals surface area contributed by atoms with E-state index in [0.717, 1.165) is 18.6 Å². The summed E-state index contributed by atoms with van der Waals surface area (Å²) in [6.07, 6.45) is 1.68. The largest absolute Gasteiger partial charge is 0.501 e. The first kappa shape index (κ1) is 20.5. The molecule has 3 rings (SSSR count). The SMILES string of the molecule is C=C(OC)C1CCN(C(=O)c2cccc(COc3c(Cl)cccc3Cl)n2)CC1. The molecule has 1 amide bonds. The fraction of sp³-hybridized carbons (Fsp3) is 0.333. The van der Waals surface area contributed by atoms with Crippen molar-refractivity contribution in [1.29, 1.82) is 0 Å². The maximum absolute atomic E-state index is 12.8. The van der Waals surface area contributed by atoms with Crippen LogP contribution in [0.5, 0.6) is 5.75 Å². The molecule has 148 valence electrons. The number of methoxy groups -OCH3 is 1. The molecule has 2 heterocycles. The zero-order valence-corrected chi connectivity index (χ0v) is 17.2. The molecule has 7 heteroatoms. The van der Waals surface area contributed by atoms with Crippen LogP contribution >= 0.6 is 23.2 Å². The van der Waals surface area contributed by atoms with Gasteiger partial charge in [0.15, 0.2) is 5.75 Å². The van der Waals surface area contributed by atoms with Crippen LogP contribution in [-0.4, -0.2) is 36.0 Å². The summed E-state index contributed by atoms with van der Waals surface area (Å²) in [5.41, 5.74) is 1.03. The van der Waals surface area contributed by atoms with E-state index in [9.17, 15) is 4.79 Å². The fourth-order valence-electron chi connectivity index (χ4n) is 3.18. The van der Waals surface area contributed by atoms with Crippen molar-refractivity contribution in [2.75, 3.05) is 20.2 Å². The van der Waals surface area contributed by atoms with Gasteiger partial charge < -0.3 is 14.4 Å². The fourth-order valence-corrected chi connectivity index (χ4v) is 3.69. The number of ether oxygens (including phenoxy) is 2. The summed E-state index contributed by atoms with van der Waals surface area (Å²) in [6.45, 7) is 5.40. The van der Waals surface area contributed by atoms with Gasteiger partial charge in [-0.15, -0.1) is 0 Å². The van der Waals surface area contributed by atoms with E-state index >= 15 is 0 Å². The number of likely N-dealkylation sites (tertiary alicyclic amines) is 1. The quantitative estimate of drug-likeness (QED) is 0.618. The molecule has 0 radical (unpaired) electrons. The van der Waals surface area contributed by atoms with Crippen molar-refractivity contribution in [3.63, 3.8) is 0 Å². The number of aromatic nitrogens is 1. The maximum atomic E-state index is 12.8. The monoisotopic (exact) mass is 420 g/mol. The summed E-state index contributed by atoms with van der Waals surface area (Å²) in [6, 6.07) is 10.5. The van der Waals surface area contributed by atoms with Crippen molar-refractivity contribution in [3.05, 3.63) is 70.2 Å². The van der Waals surface area contributed by atoms with Crippen LogP contribution in [0.2, 0.25) is 10.0 Å². The number of halogens is 2. The second-order valence-corrected chi connectivity index (χ2v) is 7.40. The van der Waals surface area contributed by atoms with Gasteiger partial charge in [-0.05, 0) is 37.1 Å². The number of piperidine rings is 1. The Hall–Kier alpha value is -2.24. The van der Waals surface area contributed by atoms with Crippen molar-refractivity contribution < 1.29 is 14.3 Å². The highest BCUT2D eigenvalue weighted by Crippen LogP contribution is 2.32. The van der Waals surface area contributed by atoms with Crippen LogP contribution < -0.4 is 4.74 Å². The molecule has 1 saturated heterocycles. The Balaban J connectivity index is 1.63. The highest BCUT2D eigenvalue weighted by molar-refractivity contribution is 6.37. The van der Waals surface area contributed by atoms with E-state index < -0.39 is 0 Å². The van der Waals surface area contributed by atoms with Gasteiger partial charge in [0.25, 0.3) is 5.91 Å². The van der Waals surface area contributed by atoms with Gasteiger partial charge in [-0.3, -0.25) is 4.79 Å². The number of hydrogen-bond acceptors (Lipinski definition) is 4.